The molecule has 0 radical (unpaired) electrons. The van der Waals surface area contributed by atoms with E-state index >= 15 is 0 Å². The molecule has 4 rings (SSSR count). The Labute approximate surface area is 139 Å². The number of benzene rings is 1. The summed E-state index contributed by atoms with van der Waals surface area (Å²) in [6, 6.07) is 9.50. The molecule has 3 atom stereocenters. The minimum Gasteiger partial charge on any atom is -0.497 e. The van der Waals surface area contributed by atoms with Crippen molar-refractivity contribution in [3.05, 3.63) is 42.5 Å². The quantitative estimate of drug-likeness (QED) is 0.753. The SMILES string of the molecule is C=CCN1C[C@@H]2[C@H](OC)CC[C@H]1CN2Cc1ccc(OC)cc1. The molecule has 3 heterocycles. The Bertz CT molecular complexity index is 517. The van der Waals surface area contributed by atoms with Crippen molar-refractivity contribution in [2.24, 2.45) is 0 Å². The van der Waals surface area contributed by atoms with E-state index in [4.69, 9.17) is 9.47 Å². The Hall–Kier alpha value is -1.36. The van der Waals surface area contributed by atoms with Crippen LogP contribution in [-0.2, 0) is 11.3 Å². The normalized spacial score (nSPS) is 28.5. The maximum atomic E-state index is 5.82. The highest BCUT2D eigenvalue weighted by Crippen LogP contribution is 2.30. The molecule has 3 saturated heterocycles. The van der Waals surface area contributed by atoms with Gasteiger partial charge in [-0.1, -0.05) is 18.2 Å². The lowest BCUT2D eigenvalue weighted by Crippen LogP contribution is -2.58. The Morgan fingerprint density at radius 1 is 1.13 bits per heavy atom. The van der Waals surface area contributed by atoms with Gasteiger partial charge in [0.1, 0.15) is 5.75 Å². The molecule has 1 aromatic rings. The molecule has 3 fully saturated rings. The van der Waals surface area contributed by atoms with E-state index in [9.17, 15) is 0 Å². The van der Waals surface area contributed by atoms with E-state index < -0.39 is 0 Å². The molecule has 23 heavy (non-hydrogen) atoms. The zero-order valence-corrected chi connectivity index (χ0v) is 14.3. The van der Waals surface area contributed by atoms with Crippen LogP contribution in [-0.4, -0.2) is 61.8 Å². The number of hydrogen-bond acceptors (Lipinski definition) is 4. The summed E-state index contributed by atoms with van der Waals surface area (Å²) < 4.78 is 11.1. The van der Waals surface area contributed by atoms with E-state index in [1.54, 1.807) is 7.11 Å². The van der Waals surface area contributed by atoms with E-state index in [0.29, 0.717) is 18.2 Å². The molecule has 3 aliphatic rings. The van der Waals surface area contributed by atoms with Crippen LogP contribution in [0.4, 0.5) is 0 Å². The monoisotopic (exact) mass is 316 g/mol. The molecule has 0 spiro atoms. The summed E-state index contributed by atoms with van der Waals surface area (Å²) in [7, 11) is 3.56. The summed E-state index contributed by atoms with van der Waals surface area (Å²) in [6.07, 6.45) is 4.71. The average Bonchev–Trinajstić information content (AvgIpc) is 2.85. The molecule has 4 heteroatoms. The van der Waals surface area contributed by atoms with Gasteiger partial charge in [-0.2, -0.15) is 0 Å². The summed E-state index contributed by atoms with van der Waals surface area (Å²) in [5.41, 5.74) is 1.34. The molecule has 3 aliphatic heterocycles. The largest absolute Gasteiger partial charge is 0.497 e. The second-order valence-electron chi connectivity index (χ2n) is 6.59. The predicted molar refractivity (Wildman–Crippen MR) is 92.8 cm³/mol. The lowest BCUT2D eigenvalue weighted by molar-refractivity contribution is -0.0222. The van der Waals surface area contributed by atoms with Crippen molar-refractivity contribution in [3.8, 4) is 5.75 Å². The maximum absolute atomic E-state index is 5.82. The van der Waals surface area contributed by atoms with Crippen LogP contribution in [0.3, 0.4) is 0 Å². The molecule has 0 aromatic heterocycles. The van der Waals surface area contributed by atoms with Gasteiger partial charge in [0.2, 0.25) is 0 Å². The lowest BCUT2D eigenvalue weighted by atomic mass is 10.0. The number of rotatable bonds is 6. The molecule has 0 amide bonds. The minimum atomic E-state index is 0.327. The first-order chi connectivity index (χ1) is 11.2. The number of ether oxygens (including phenoxy) is 2. The van der Waals surface area contributed by atoms with Crippen molar-refractivity contribution in [2.75, 3.05) is 33.9 Å². The molecular weight excluding hydrogens is 288 g/mol. The van der Waals surface area contributed by atoms with Crippen molar-refractivity contribution in [1.82, 2.24) is 9.80 Å². The van der Waals surface area contributed by atoms with Gasteiger partial charge in [-0.15, -0.1) is 6.58 Å². The minimum absolute atomic E-state index is 0.327. The third kappa shape index (κ3) is 3.60. The lowest BCUT2D eigenvalue weighted by Gasteiger charge is -2.45. The van der Waals surface area contributed by atoms with Crippen LogP contribution in [0.1, 0.15) is 18.4 Å². The Kier molecular flexibility index (Phi) is 5.36. The fraction of sp³-hybridized carbons (Fsp3) is 0.579. The molecule has 0 unspecified atom stereocenters. The number of nitrogens with zero attached hydrogens (tertiary/aromatic N) is 2. The highest BCUT2D eigenvalue weighted by atomic mass is 16.5. The van der Waals surface area contributed by atoms with Gasteiger partial charge in [0, 0.05) is 45.4 Å². The first-order valence-electron chi connectivity index (χ1n) is 8.50. The fourth-order valence-electron chi connectivity index (χ4n) is 4.01. The molecule has 0 aliphatic carbocycles. The van der Waals surface area contributed by atoms with Crippen molar-refractivity contribution in [1.29, 1.82) is 0 Å². The van der Waals surface area contributed by atoms with Crippen molar-refractivity contribution < 1.29 is 9.47 Å². The van der Waals surface area contributed by atoms with Gasteiger partial charge >= 0.3 is 0 Å². The molecular formula is C19H28N2O2. The molecule has 1 aromatic carbocycles. The maximum Gasteiger partial charge on any atom is 0.118 e. The van der Waals surface area contributed by atoms with Crippen LogP contribution in [0.15, 0.2) is 36.9 Å². The van der Waals surface area contributed by atoms with Gasteiger partial charge in [-0.25, -0.2) is 0 Å². The zero-order valence-electron chi connectivity index (χ0n) is 14.3. The van der Waals surface area contributed by atoms with Crippen molar-refractivity contribution >= 4 is 0 Å². The predicted octanol–water partition coefficient (Wildman–Crippen LogP) is 2.54. The molecule has 0 saturated carbocycles. The summed E-state index contributed by atoms with van der Waals surface area (Å²) in [5.74, 6) is 0.915. The van der Waals surface area contributed by atoms with E-state index in [1.807, 2.05) is 25.3 Å². The van der Waals surface area contributed by atoms with Crippen LogP contribution in [0.5, 0.6) is 5.75 Å². The third-order valence-corrected chi connectivity index (χ3v) is 5.28. The van der Waals surface area contributed by atoms with E-state index in [2.05, 4.69) is 28.5 Å². The number of methoxy groups -OCH3 is 2. The van der Waals surface area contributed by atoms with Gasteiger partial charge in [0.05, 0.1) is 13.2 Å². The zero-order chi connectivity index (χ0) is 16.2. The topological polar surface area (TPSA) is 24.9 Å². The fourth-order valence-corrected chi connectivity index (χ4v) is 4.01. The second kappa shape index (κ2) is 7.47. The highest BCUT2D eigenvalue weighted by Gasteiger charge is 2.41. The number of hydrogen-bond donors (Lipinski definition) is 0. The van der Waals surface area contributed by atoms with Crippen molar-refractivity contribution in [2.45, 2.75) is 37.6 Å². The summed E-state index contributed by atoms with van der Waals surface area (Å²) in [4.78, 5) is 5.18. The average molecular weight is 316 g/mol. The van der Waals surface area contributed by atoms with Crippen LogP contribution in [0.2, 0.25) is 0 Å². The van der Waals surface area contributed by atoms with Crippen LogP contribution in [0.25, 0.3) is 0 Å². The third-order valence-electron chi connectivity index (χ3n) is 5.28. The van der Waals surface area contributed by atoms with Crippen LogP contribution >= 0.6 is 0 Å². The highest BCUT2D eigenvalue weighted by molar-refractivity contribution is 5.27. The van der Waals surface area contributed by atoms with Crippen molar-refractivity contribution in [3.63, 3.8) is 0 Å². The Morgan fingerprint density at radius 3 is 2.57 bits per heavy atom. The number of fused-ring (bicyclic) bond motifs is 4. The first kappa shape index (κ1) is 16.5. The molecule has 4 nitrogen and oxygen atoms in total. The summed E-state index contributed by atoms with van der Waals surface area (Å²) in [5, 5.41) is 0. The van der Waals surface area contributed by atoms with Gasteiger partial charge in [-0.05, 0) is 30.5 Å². The summed E-state index contributed by atoms with van der Waals surface area (Å²) >= 11 is 0. The first-order valence-corrected chi connectivity index (χ1v) is 8.50. The second-order valence-corrected chi connectivity index (χ2v) is 6.59. The van der Waals surface area contributed by atoms with Gasteiger partial charge < -0.3 is 9.47 Å². The van der Waals surface area contributed by atoms with Gasteiger partial charge in [0.15, 0.2) is 0 Å². The standard InChI is InChI=1S/C19H28N2O2/c1-4-11-20-14-18-19(23-3)10-7-16(20)13-21(18)12-15-5-8-17(22-2)9-6-15/h4-6,8-9,16,18-19H,1,7,10-14H2,2-3H3/t16-,18+,19+/m0/s1. The van der Waals surface area contributed by atoms with Gasteiger partial charge in [-0.3, -0.25) is 9.80 Å². The van der Waals surface area contributed by atoms with Gasteiger partial charge in [0.25, 0.3) is 0 Å². The Morgan fingerprint density at radius 2 is 1.91 bits per heavy atom. The smallest absolute Gasteiger partial charge is 0.118 e. The number of piperazine rings is 1. The Balaban J connectivity index is 1.74. The van der Waals surface area contributed by atoms with E-state index in [1.165, 1.54) is 12.0 Å². The van der Waals surface area contributed by atoms with Crippen LogP contribution < -0.4 is 4.74 Å². The summed E-state index contributed by atoms with van der Waals surface area (Å²) in [6.45, 7) is 8.06. The molecule has 2 bridgehead atoms. The molecule has 126 valence electrons. The van der Waals surface area contributed by atoms with Crippen LogP contribution in [0, 0.1) is 0 Å². The molecule has 0 N–H and O–H groups in total. The van der Waals surface area contributed by atoms with E-state index in [-0.39, 0.29) is 0 Å². The van der Waals surface area contributed by atoms with E-state index in [0.717, 1.165) is 38.3 Å².